The van der Waals surface area contributed by atoms with E-state index in [2.05, 4.69) is 15.3 Å². The van der Waals surface area contributed by atoms with Crippen molar-refractivity contribution in [1.29, 1.82) is 0 Å². The first kappa shape index (κ1) is 18.7. The lowest BCUT2D eigenvalue weighted by Gasteiger charge is -2.10. The largest absolute Gasteiger partial charge is 0.482 e. The van der Waals surface area contributed by atoms with Crippen LogP contribution in [0.5, 0.6) is 11.5 Å². The smallest absolute Gasteiger partial charge is 0.387 e. The zero-order chi connectivity index (χ0) is 18.2. The van der Waals surface area contributed by atoms with Gasteiger partial charge in [-0.2, -0.15) is 13.9 Å². The van der Waals surface area contributed by atoms with E-state index in [9.17, 15) is 13.6 Å². The number of carbonyl (C=O) groups excluding carboxylic acids is 1. The first-order valence-corrected chi connectivity index (χ1v) is 7.60. The van der Waals surface area contributed by atoms with Gasteiger partial charge in [0.2, 0.25) is 0 Å². The molecule has 0 unspecified atom stereocenters. The lowest BCUT2D eigenvalue weighted by molar-refractivity contribution is -0.123. The number of ether oxygens (including phenoxy) is 2. The quantitative estimate of drug-likeness (QED) is 0.596. The van der Waals surface area contributed by atoms with Crippen molar-refractivity contribution in [2.24, 2.45) is 5.10 Å². The van der Waals surface area contributed by atoms with Crippen LogP contribution in [0.1, 0.15) is 12.5 Å². The van der Waals surface area contributed by atoms with Crippen molar-refractivity contribution < 1.29 is 23.0 Å². The molecular weight excluding hydrogens is 354 g/mol. The summed E-state index contributed by atoms with van der Waals surface area (Å²) in [5.74, 6) is -0.178. The Kier molecular flexibility index (Phi) is 6.71. The minimum Gasteiger partial charge on any atom is -0.482 e. The van der Waals surface area contributed by atoms with Crippen molar-refractivity contribution in [3.8, 4) is 11.5 Å². The molecule has 0 radical (unpaired) electrons. The number of amides is 1. The molecule has 1 N–H and O–H groups in total. The Labute approximate surface area is 148 Å². The van der Waals surface area contributed by atoms with Crippen LogP contribution >= 0.6 is 11.6 Å². The predicted molar refractivity (Wildman–Crippen MR) is 90.4 cm³/mol. The van der Waals surface area contributed by atoms with E-state index in [0.29, 0.717) is 22.0 Å². The number of hydrogen-bond acceptors (Lipinski definition) is 4. The summed E-state index contributed by atoms with van der Waals surface area (Å²) < 4.78 is 34.5. The fourth-order valence-corrected chi connectivity index (χ4v) is 2.10. The Morgan fingerprint density at radius 2 is 1.80 bits per heavy atom. The van der Waals surface area contributed by atoms with E-state index in [1.54, 1.807) is 49.4 Å². The highest BCUT2D eigenvalue weighted by molar-refractivity contribution is 6.32. The molecular formula is C17H15ClF2N2O3. The van der Waals surface area contributed by atoms with Crippen LogP contribution < -0.4 is 14.9 Å². The average molecular weight is 369 g/mol. The van der Waals surface area contributed by atoms with E-state index >= 15 is 0 Å². The first-order chi connectivity index (χ1) is 12.0. The van der Waals surface area contributed by atoms with E-state index in [-0.39, 0.29) is 12.4 Å². The third-order valence-corrected chi connectivity index (χ3v) is 3.35. The number of hydrazone groups is 1. The molecule has 0 saturated carbocycles. The molecule has 132 valence electrons. The average Bonchev–Trinajstić information content (AvgIpc) is 2.59. The van der Waals surface area contributed by atoms with Crippen LogP contribution in [-0.4, -0.2) is 24.8 Å². The zero-order valence-corrected chi connectivity index (χ0v) is 14.0. The van der Waals surface area contributed by atoms with Gasteiger partial charge in [0.05, 0.1) is 10.7 Å². The maximum absolute atomic E-state index is 12.4. The summed E-state index contributed by atoms with van der Waals surface area (Å²) in [5.41, 5.74) is 2.94. The lowest BCUT2D eigenvalue weighted by atomic mass is 10.1. The van der Waals surface area contributed by atoms with Crippen molar-refractivity contribution in [1.82, 2.24) is 5.43 Å². The van der Waals surface area contributed by atoms with Gasteiger partial charge in [0.25, 0.3) is 5.91 Å². The van der Waals surface area contributed by atoms with E-state index in [1.807, 2.05) is 0 Å². The summed E-state index contributed by atoms with van der Waals surface area (Å²) in [7, 11) is 0. The van der Waals surface area contributed by atoms with Crippen LogP contribution in [0.15, 0.2) is 53.6 Å². The van der Waals surface area contributed by atoms with Crippen LogP contribution in [0.2, 0.25) is 5.02 Å². The van der Waals surface area contributed by atoms with Crippen molar-refractivity contribution in [3.05, 3.63) is 59.1 Å². The fraction of sp³-hybridized carbons (Fsp3) is 0.176. The van der Waals surface area contributed by atoms with Gasteiger partial charge in [-0.3, -0.25) is 4.79 Å². The van der Waals surface area contributed by atoms with E-state index in [4.69, 9.17) is 16.3 Å². The highest BCUT2D eigenvalue weighted by atomic mass is 35.5. The summed E-state index contributed by atoms with van der Waals surface area (Å²) >= 11 is 5.91. The van der Waals surface area contributed by atoms with Gasteiger partial charge < -0.3 is 9.47 Å². The van der Waals surface area contributed by atoms with Gasteiger partial charge in [-0.05, 0) is 31.2 Å². The number of rotatable bonds is 7. The Hall–Kier alpha value is -2.67. The first-order valence-electron chi connectivity index (χ1n) is 7.22. The minimum atomic E-state index is -2.95. The topological polar surface area (TPSA) is 59.9 Å². The monoisotopic (exact) mass is 368 g/mol. The van der Waals surface area contributed by atoms with Crippen molar-refractivity contribution in [2.75, 3.05) is 6.61 Å². The molecule has 8 heteroatoms. The van der Waals surface area contributed by atoms with Gasteiger partial charge in [0.1, 0.15) is 11.5 Å². The number of para-hydroxylation sites is 2. The summed E-state index contributed by atoms with van der Waals surface area (Å²) in [6, 6.07) is 12.9. The molecule has 0 atom stereocenters. The third-order valence-electron chi connectivity index (χ3n) is 3.04. The fourth-order valence-electron chi connectivity index (χ4n) is 1.91. The number of hydrogen-bond donors (Lipinski definition) is 1. The molecule has 0 spiro atoms. The van der Waals surface area contributed by atoms with Crippen LogP contribution in [0.3, 0.4) is 0 Å². The predicted octanol–water partition coefficient (Wildman–Crippen LogP) is 3.86. The molecule has 1 amide bonds. The van der Waals surface area contributed by atoms with Crippen LogP contribution in [0.4, 0.5) is 8.78 Å². The summed E-state index contributed by atoms with van der Waals surface area (Å²) in [5, 5.41) is 4.26. The SMILES string of the molecule is C/C(=N/NC(=O)COc1ccccc1Cl)c1ccccc1OC(F)F. The van der Waals surface area contributed by atoms with Gasteiger partial charge in [0.15, 0.2) is 6.61 Å². The molecule has 0 aliphatic rings. The Bertz CT molecular complexity index is 769. The van der Waals surface area contributed by atoms with Crippen LogP contribution in [0.25, 0.3) is 0 Å². The van der Waals surface area contributed by atoms with Gasteiger partial charge in [-0.15, -0.1) is 0 Å². The van der Waals surface area contributed by atoms with Crippen molar-refractivity contribution in [3.63, 3.8) is 0 Å². The third kappa shape index (κ3) is 5.72. The minimum absolute atomic E-state index is 0.0275. The molecule has 0 saturated heterocycles. The highest BCUT2D eigenvalue weighted by Gasteiger charge is 2.11. The van der Waals surface area contributed by atoms with E-state index < -0.39 is 12.5 Å². The Balaban J connectivity index is 1.97. The molecule has 5 nitrogen and oxygen atoms in total. The Morgan fingerprint density at radius 3 is 2.48 bits per heavy atom. The second-order valence-electron chi connectivity index (χ2n) is 4.83. The Morgan fingerprint density at radius 1 is 1.16 bits per heavy atom. The molecule has 0 bridgehead atoms. The van der Waals surface area contributed by atoms with Gasteiger partial charge in [0, 0.05) is 5.56 Å². The van der Waals surface area contributed by atoms with Crippen molar-refractivity contribution >= 4 is 23.2 Å². The van der Waals surface area contributed by atoms with Gasteiger partial charge >= 0.3 is 6.61 Å². The number of nitrogens with zero attached hydrogens (tertiary/aromatic N) is 1. The standard InChI is InChI=1S/C17H15ClF2N2O3/c1-11(12-6-2-4-8-14(12)25-17(19)20)21-22-16(23)10-24-15-9-5-3-7-13(15)18/h2-9,17H,10H2,1H3,(H,22,23)/b21-11-. The van der Waals surface area contributed by atoms with Crippen LogP contribution in [-0.2, 0) is 4.79 Å². The number of benzene rings is 2. The maximum atomic E-state index is 12.4. The molecule has 0 aromatic heterocycles. The molecule has 2 rings (SSSR count). The number of carbonyl (C=O) groups is 1. The summed E-state index contributed by atoms with van der Waals surface area (Å²) in [6.45, 7) is -1.69. The second-order valence-corrected chi connectivity index (χ2v) is 5.23. The van der Waals surface area contributed by atoms with Crippen molar-refractivity contribution in [2.45, 2.75) is 13.5 Å². The van der Waals surface area contributed by atoms with E-state index in [1.165, 1.54) is 6.07 Å². The van der Waals surface area contributed by atoms with Crippen LogP contribution in [0, 0.1) is 0 Å². The number of nitrogens with one attached hydrogen (secondary N) is 1. The molecule has 2 aromatic rings. The second kappa shape index (κ2) is 8.98. The summed E-state index contributed by atoms with van der Waals surface area (Å²) in [6.07, 6.45) is 0. The molecule has 0 heterocycles. The lowest BCUT2D eigenvalue weighted by Crippen LogP contribution is -2.25. The highest BCUT2D eigenvalue weighted by Crippen LogP contribution is 2.23. The maximum Gasteiger partial charge on any atom is 0.387 e. The number of alkyl halides is 2. The van der Waals surface area contributed by atoms with Gasteiger partial charge in [-0.25, -0.2) is 5.43 Å². The molecule has 0 fully saturated rings. The summed E-state index contributed by atoms with van der Waals surface area (Å²) in [4.78, 5) is 11.8. The number of halogens is 3. The van der Waals surface area contributed by atoms with Gasteiger partial charge in [-0.1, -0.05) is 35.9 Å². The zero-order valence-electron chi connectivity index (χ0n) is 13.2. The molecule has 2 aromatic carbocycles. The molecule has 0 aliphatic carbocycles. The van der Waals surface area contributed by atoms with E-state index in [0.717, 1.165) is 0 Å². The normalized spacial score (nSPS) is 11.3. The molecule has 0 aliphatic heterocycles. The molecule has 25 heavy (non-hydrogen) atoms.